The van der Waals surface area contributed by atoms with Crippen molar-refractivity contribution in [2.24, 2.45) is 0 Å². The Balaban J connectivity index is 1.09. The molecule has 0 bridgehead atoms. The van der Waals surface area contributed by atoms with E-state index >= 15 is 0 Å². The molecule has 0 amide bonds. The Morgan fingerprint density at radius 1 is 0.302 bits per heavy atom. The van der Waals surface area contributed by atoms with Gasteiger partial charge in [0.1, 0.15) is 5.58 Å². The number of para-hydroxylation sites is 5. The molecule has 13 rings (SSSR count). The topological polar surface area (TPSA) is 61.7 Å². The highest BCUT2D eigenvalue weighted by molar-refractivity contribution is 6.13. The lowest BCUT2D eigenvalue weighted by Crippen LogP contribution is -2.06. The highest BCUT2D eigenvalue weighted by Gasteiger charge is 2.22. The van der Waals surface area contributed by atoms with Gasteiger partial charge in [-0.25, -0.2) is 4.98 Å². The molecule has 294 valence electrons. The number of fused-ring (bicyclic) bond motifs is 9. The molecule has 0 unspecified atom stereocenters. The average Bonchev–Trinajstić information content (AvgIpc) is 4.02. The molecule has 0 aliphatic rings. The Hall–Kier alpha value is -8.61. The van der Waals surface area contributed by atoms with Crippen LogP contribution < -0.4 is 0 Å². The molecule has 6 heteroatoms. The van der Waals surface area contributed by atoms with E-state index in [1.807, 2.05) is 12.1 Å². The summed E-state index contributed by atoms with van der Waals surface area (Å²) in [7, 11) is 0. The molecular formula is C57H35N5O. The first-order valence-electron chi connectivity index (χ1n) is 21.2. The van der Waals surface area contributed by atoms with Crippen LogP contribution >= 0.6 is 0 Å². The lowest BCUT2D eigenvalue weighted by atomic mass is 9.96. The van der Waals surface area contributed by atoms with Crippen LogP contribution in [0.15, 0.2) is 217 Å². The van der Waals surface area contributed by atoms with E-state index in [0.29, 0.717) is 17.6 Å². The maximum atomic E-state index is 6.64. The molecule has 6 nitrogen and oxygen atoms in total. The van der Waals surface area contributed by atoms with E-state index in [-0.39, 0.29) is 0 Å². The molecule has 4 aromatic heterocycles. The van der Waals surface area contributed by atoms with Crippen LogP contribution in [0.1, 0.15) is 0 Å². The Morgan fingerprint density at radius 3 is 1.43 bits per heavy atom. The molecule has 0 saturated carbocycles. The standard InChI is InChI=1S/C57H35N5O/c1-3-16-36(17-4-1)39-32-40(37-18-5-2-6-19-37)34-41(33-39)56-58-55(59-57(60-56)62-49-26-12-8-20-42(49)43-21-9-13-27-50(43)62)38-30-31-45-44-22-7-11-25-48(44)61(52(45)35-38)51-28-15-24-47-46-23-10-14-29-53(46)63-54(47)51/h1-35H. The van der Waals surface area contributed by atoms with Crippen molar-refractivity contribution in [2.45, 2.75) is 0 Å². The van der Waals surface area contributed by atoms with Gasteiger partial charge in [0.2, 0.25) is 5.95 Å². The number of rotatable bonds is 6. The number of furan rings is 1. The van der Waals surface area contributed by atoms with Crippen molar-refractivity contribution < 1.29 is 4.42 Å². The van der Waals surface area contributed by atoms with Crippen molar-refractivity contribution in [1.82, 2.24) is 24.1 Å². The summed E-state index contributed by atoms with van der Waals surface area (Å²) < 4.78 is 11.1. The first kappa shape index (κ1) is 35.2. The van der Waals surface area contributed by atoms with Crippen LogP contribution in [0.5, 0.6) is 0 Å². The second-order valence-corrected chi connectivity index (χ2v) is 16.0. The molecule has 0 aliphatic carbocycles. The summed E-state index contributed by atoms with van der Waals surface area (Å²) >= 11 is 0. The Bertz CT molecular complexity index is 3810. The Morgan fingerprint density at radius 2 is 0.794 bits per heavy atom. The fourth-order valence-electron chi connectivity index (χ4n) is 9.49. The number of hydrogen-bond acceptors (Lipinski definition) is 4. The molecular weight excluding hydrogens is 771 g/mol. The number of hydrogen-bond donors (Lipinski definition) is 0. The predicted molar refractivity (Wildman–Crippen MR) is 258 cm³/mol. The average molecular weight is 806 g/mol. The third kappa shape index (κ3) is 5.62. The van der Waals surface area contributed by atoms with E-state index in [9.17, 15) is 0 Å². The second kappa shape index (κ2) is 14.0. The number of aromatic nitrogens is 5. The first-order valence-corrected chi connectivity index (χ1v) is 21.2. The summed E-state index contributed by atoms with van der Waals surface area (Å²) in [6.45, 7) is 0. The van der Waals surface area contributed by atoms with Crippen molar-refractivity contribution in [3.8, 4) is 56.7 Å². The van der Waals surface area contributed by atoms with Crippen LogP contribution in [-0.2, 0) is 0 Å². The maximum absolute atomic E-state index is 6.64. The second-order valence-electron chi connectivity index (χ2n) is 16.0. The molecule has 0 N–H and O–H groups in total. The highest BCUT2D eigenvalue weighted by atomic mass is 16.3. The van der Waals surface area contributed by atoms with Gasteiger partial charge in [0.25, 0.3) is 0 Å². The molecule has 0 radical (unpaired) electrons. The van der Waals surface area contributed by atoms with Gasteiger partial charge in [0.15, 0.2) is 17.2 Å². The van der Waals surface area contributed by atoms with Crippen molar-refractivity contribution in [1.29, 1.82) is 0 Å². The lowest BCUT2D eigenvalue weighted by molar-refractivity contribution is 0.666. The van der Waals surface area contributed by atoms with E-state index in [1.165, 1.54) is 0 Å². The summed E-state index contributed by atoms with van der Waals surface area (Å²) in [5.41, 5.74) is 13.0. The van der Waals surface area contributed by atoms with Crippen molar-refractivity contribution >= 4 is 65.6 Å². The van der Waals surface area contributed by atoms with Crippen LogP contribution in [-0.4, -0.2) is 24.1 Å². The van der Waals surface area contributed by atoms with Crippen molar-refractivity contribution in [3.63, 3.8) is 0 Å². The first-order chi connectivity index (χ1) is 31.2. The molecule has 9 aromatic carbocycles. The van der Waals surface area contributed by atoms with Crippen LogP contribution in [0.4, 0.5) is 0 Å². The van der Waals surface area contributed by atoms with Crippen LogP contribution in [0.3, 0.4) is 0 Å². The third-order valence-electron chi connectivity index (χ3n) is 12.4. The predicted octanol–water partition coefficient (Wildman–Crippen LogP) is 14.6. The van der Waals surface area contributed by atoms with Gasteiger partial charge in [-0.15, -0.1) is 0 Å². The summed E-state index contributed by atoms with van der Waals surface area (Å²) in [6.07, 6.45) is 0. The van der Waals surface area contributed by atoms with Crippen LogP contribution in [0.25, 0.3) is 122 Å². The summed E-state index contributed by atoms with van der Waals surface area (Å²) in [5.74, 6) is 1.70. The van der Waals surface area contributed by atoms with E-state index in [1.54, 1.807) is 0 Å². The molecule has 4 heterocycles. The molecule has 63 heavy (non-hydrogen) atoms. The van der Waals surface area contributed by atoms with Gasteiger partial charge in [0, 0.05) is 43.4 Å². The molecule has 0 fully saturated rings. The number of benzene rings is 9. The van der Waals surface area contributed by atoms with Gasteiger partial charge in [-0.2, -0.15) is 9.97 Å². The SMILES string of the molecule is c1ccc(-c2cc(-c3ccccc3)cc(-c3nc(-c4ccc5c6ccccc6n(-c6cccc7c6oc6ccccc67)c5c4)nc(-n4c5ccccc5c5ccccc54)n3)c2)cc1. The van der Waals surface area contributed by atoms with Gasteiger partial charge < -0.3 is 8.98 Å². The summed E-state index contributed by atoms with van der Waals surface area (Å²) in [5, 5.41) is 6.73. The lowest BCUT2D eigenvalue weighted by Gasteiger charge is -2.14. The smallest absolute Gasteiger partial charge is 0.238 e. The zero-order valence-electron chi connectivity index (χ0n) is 33.9. The normalized spacial score (nSPS) is 11.8. The minimum Gasteiger partial charge on any atom is -0.454 e. The highest BCUT2D eigenvalue weighted by Crippen LogP contribution is 2.40. The zero-order valence-corrected chi connectivity index (χ0v) is 33.9. The molecule has 0 saturated heterocycles. The quantitative estimate of drug-likeness (QED) is 0.168. The van der Waals surface area contributed by atoms with Gasteiger partial charge in [0.05, 0.1) is 27.8 Å². The zero-order chi connectivity index (χ0) is 41.4. The molecule has 13 aromatic rings. The van der Waals surface area contributed by atoms with E-state index < -0.39 is 0 Å². The maximum Gasteiger partial charge on any atom is 0.238 e. The van der Waals surface area contributed by atoms with E-state index in [4.69, 9.17) is 19.4 Å². The fourth-order valence-corrected chi connectivity index (χ4v) is 9.49. The van der Waals surface area contributed by atoms with Gasteiger partial charge in [-0.05, 0) is 76.9 Å². The van der Waals surface area contributed by atoms with Crippen LogP contribution in [0, 0.1) is 0 Å². The Kier molecular flexibility index (Phi) is 7.80. The molecule has 0 aliphatic heterocycles. The minimum absolute atomic E-state index is 0.548. The summed E-state index contributed by atoms with van der Waals surface area (Å²) in [4.78, 5) is 16.2. The monoisotopic (exact) mass is 805 g/mol. The third-order valence-corrected chi connectivity index (χ3v) is 12.4. The minimum atomic E-state index is 0.548. The van der Waals surface area contributed by atoms with Gasteiger partial charge in [-0.1, -0.05) is 158 Å². The van der Waals surface area contributed by atoms with Crippen molar-refractivity contribution in [3.05, 3.63) is 212 Å². The van der Waals surface area contributed by atoms with Gasteiger partial charge in [-0.3, -0.25) is 4.57 Å². The largest absolute Gasteiger partial charge is 0.454 e. The molecule has 0 atom stereocenters. The van der Waals surface area contributed by atoms with Gasteiger partial charge >= 0.3 is 0 Å². The van der Waals surface area contributed by atoms with Crippen molar-refractivity contribution in [2.75, 3.05) is 0 Å². The summed E-state index contributed by atoms with van der Waals surface area (Å²) in [6, 6.07) is 74.4. The fraction of sp³-hybridized carbons (Fsp3) is 0. The Labute approximate surface area is 361 Å². The van der Waals surface area contributed by atoms with E-state index in [0.717, 1.165) is 105 Å². The van der Waals surface area contributed by atoms with Crippen LogP contribution in [0.2, 0.25) is 0 Å². The molecule has 0 spiro atoms. The number of nitrogens with zero attached hydrogens (tertiary/aromatic N) is 5. The van der Waals surface area contributed by atoms with E-state index in [2.05, 4.69) is 209 Å².